The van der Waals surface area contributed by atoms with E-state index in [1.54, 1.807) is 0 Å². The smallest absolute Gasteiger partial charge is 0.119 e. The van der Waals surface area contributed by atoms with Crippen molar-refractivity contribution in [2.75, 3.05) is 59.5 Å². The highest BCUT2D eigenvalue weighted by Gasteiger charge is 2.17. The van der Waals surface area contributed by atoms with Crippen LogP contribution in [0.3, 0.4) is 0 Å². The predicted octanol–water partition coefficient (Wildman–Crippen LogP) is 2.83. The second-order valence-electron chi connectivity index (χ2n) is 8.61. The zero-order valence-electron chi connectivity index (χ0n) is 17.7. The zero-order valence-corrected chi connectivity index (χ0v) is 17.7. The summed E-state index contributed by atoms with van der Waals surface area (Å²) in [5.74, 6) is 0.852. The van der Waals surface area contributed by atoms with Crippen molar-refractivity contribution in [1.82, 2.24) is 14.7 Å². The third-order valence-corrected chi connectivity index (χ3v) is 6.04. The molecule has 1 atom stereocenters. The van der Waals surface area contributed by atoms with Crippen molar-refractivity contribution in [3.8, 4) is 5.75 Å². The molecule has 2 heterocycles. The van der Waals surface area contributed by atoms with E-state index in [9.17, 15) is 5.11 Å². The molecule has 5 nitrogen and oxygen atoms in total. The molecule has 1 aromatic rings. The number of rotatable bonds is 7. The summed E-state index contributed by atoms with van der Waals surface area (Å²) in [6.07, 6.45) is 7.77. The molecule has 0 saturated carbocycles. The van der Waals surface area contributed by atoms with Crippen LogP contribution < -0.4 is 4.74 Å². The minimum absolute atomic E-state index is 0.359. The van der Waals surface area contributed by atoms with Gasteiger partial charge in [0.2, 0.25) is 0 Å². The lowest BCUT2D eigenvalue weighted by atomic mass is 10.1. The number of piperazine rings is 1. The second kappa shape index (κ2) is 11.8. The fourth-order valence-electron chi connectivity index (χ4n) is 4.17. The number of hydrogen-bond donors (Lipinski definition) is 1. The van der Waals surface area contributed by atoms with Crippen molar-refractivity contribution in [2.45, 2.75) is 51.2 Å². The number of aliphatic hydroxyl groups is 1. The number of benzene rings is 1. The minimum Gasteiger partial charge on any atom is -0.491 e. The van der Waals surface area contributed by atoms with E-state index in [0.717, 1.165) is 38.5 Å². The van der Waals surface area contributed by atoms with Gasteiger partial charge in [-0.25, -0.2) is 0 Å². The van der Waals surface area contributed by atoms with Crippen molar-refractivity contribution in [2.24, 2.45) is 0 Å². The number of nitrogens with zero attached hydrogens (tertiary/aromatic N) is 3. The molecule has 0 spiro atoms. The molecule has 0 amide bonds. The fraction of sp³-hybridized carbons (Fsp3) is 0.739. The van der Waals surface area contributed by atoms with E-state index in [1.807, 2.05) is 12.1 Å². The second-order valence-corrected chi connectivity index (χ2v) is 8.61. The van der Waals surface area contributed by atoms with Gasteiger partial charge in [-0.15, -0.1) is 0 Å². The minimum atomic E-state index is -0.437. The van der Waals surface area contributed by atoms with Gasteiger partial charge in [-0.3, -0.25) is 9.80 Å². The summed E-state index contributed by atoms with van der Waals surface area (Å²) < 4.78 is 5.83. The predicted molar refractivity (Wildman–Crippen MR) is 115 cm³/mol. The Labute approximate surface area is 171 Å². The van der Waals surface area contributed by atoms with Crippen LogP contribution in [0.4, 0.5) is 0 Å². The number of likely N-dealkylation sites (N-methyl/N-ethyl adjacent to an activating group) is 1. The highest BCUT2D eigenvalue weighted by Crippen LogP contribution is 2.17. The molecular weight excluding hydrogens is 350 g/mol. The summed E-state index contributed by atoms with van der Waals surface area (Å²) in [6.45, 7) is 8.73. The van der Waals surface area contributed by atoms with Crippen molar-refractivity contribution in [3.63, 3.8) is 0 Å². The summed E-state index contributed by atoms with van der Waals surface area (Å²) in [6, 6.07) is 8.45. The number of β-amino-alcohol motifs (C(OH)–C–C–N with tert-alkyl or cyclic N) is 1. The molecule has 0 aliphatic carbocycles. The maximum atomic E-state index is 10.3. The molecule has 2 aliphatic heterocycles. The third-order valence-electron chi connectivity index (χ3n) is 6.04. The Hall–Kier alpha value is -1.14. The highest BCUT2D eigenvalue weighted by molar-refractivity contribution is 5.27. The lowest BCUT2D eigenvalue weighted by Gasteiger charge is -2.33. The largest absolute Gasteiger partial charge is 0.491 e. The van der Waals surface area contributed by atoms with E-state index >= 15 is 0 Å². The average Bonchev–Trinajstić information content (AvgIpc) is 2.83. The molecule has 3 rings (SSSR count). The van der Waals surface area contributed by atoms with E-state index in [1.165, 1.54) is 57.2 Å². The summed E-state index contributed by atoms with van der Waals surface area (Å²) in [5.41, 5.74) is 1.35. The van der Waals surface area contributed by atoms with E-state index in [2.05, 4.69) is 33.9 Å². The van der Waals surface area contributed by atoms with E-state index in [4.69, 9.17) is 4.74 Å². The van der Waals surface area contributed by atoms with Crippen molar-refractivity contribution < 1.29 is 9.84 Å². The average molecular weight is 390 g/mol. The molecule has 2 saturated heterocycles. The summed E-state index contributed by atoms with van der Waals surface area (Å²) in [5, 5.41) is 10.3. The fourth-order valence-corrected chi connectivity index (χ4v) is 4.17. The van der Waals surface area contributed by atoms with E-state index < -0.39 is 6.10 Å². The number of ether oxygens (including phenoxy) is 1. The number of hydrogen-bond acceptors (Lipinski definition) is 5. The summed E-state index contributed by atoms with van der Waals surface area (Å²) in [7, 11) is 2.15. The zero-order chi connectivity index (χ0) is 19.6. The van der Waals surface area contributed by atoms with Crippen LogP contribution in [0.25, 0.3) is 0 Å². The Bertz CT molecular complexity index is 533. The van der Waals surface area contributed by atoms with Crippen molar-refractivity contribution in [3.05, 3.63) is 29.8 Å². The molecule has 28 heavy (non-hydrogen) atoms. The Balaban J connectivity index is 1.38. The van der Waals surface area contributed by atoms with Crippen LogP contribution in [-0.2, 0) is 6.54 Å². The van der Waals surface area contributed by atoms with Crippen LogP contribution in [0, 0.1) is 0 Å². The van der Waals surface area contributed by atoms with Gasteiger partial charge in [0.05, 0.1) is 0 Å². The first-order valence-electron chi connectivity index (χ1n) is 11.2. The molecule has 2 fully saturated rings. The summed E-state index contributed by atoms with van der Waals surface area (Å²) >= 11 is 0. The van der Waals surface area contributed by atoms with Gasteiger partial charge in [0.1, 0.15) is 18.5 Å². The third kappa shape index (κ3) is 7.70. The first-order valence-corrected chi connectivity index (χ1v) is 11.2. The van der Waals surface area contributed by atoms with E-state index in [0.29, 0.717) is 13.2 Å². The Morgan fingerprint density at radius 1 is 0.821 bits per heavy atom. The molecule has 158 valence electrons. The van der Waals surface area contributed by atoms with Crippen LogP contribution in [0.5, 0.6) is 5.75 Å². The molecule has 1 aromatic carbocycles. The normalized spacial score (nSPS) is 22.2. The van der Waals surface area contributed by atoms with Gasteiger partial charge in [0.15, 0.2) is 0 Å². The number of aliphatic hydroxyl groups excluding tert-OH is 1. The SMILES string of the molecule is CN1CCN(CC(O)COc2ccc(CN3CCCCCCCC3)cc2)CC1. The van der Waals surface area contributed by atoms with Crippen LogP contribution in [0.2, 0.25) is 0 Å². The standard InChI is InChI=1S/C23H39N3O2/c1-24-14-16-26(17-15-24)19-22(27)20-28-23-10-8-21(9-11-23)18-25-12-6-4-2-3-5-7-13-25/h8-11,22,27H,2-7,12-20H2,1H3. The lowest BCUT2D eigenvalue weighted by molar-refractivity contribution is 0.0505. The van der Waals surface area contributed by atoms with Gasteiger partial charge in [-0.1, -0.05) is 37.8 Å². The molecule has 0 aromatic heterocycles. The van der Waals surface area contributed by atoms with Gasteiger partial charge in [-0.05, 0) is 50.7 Å². The van der Waals surface area contributed by atoms with Crippen LogP contribution in [0.1, 0.15) is 44.1 Å². The van der Waals surface area contributed by atoms with E-state index in [-0.39, 0.29) is 0 Å². The monoisotopic (exact) mass is 389 g/mol. The maximum absolute atomic E-state index is 10.3. The first kappa shape index (κ1) is 21.6. The van der Waals surface area contributed by atoms with Crippen LogP contribution >= 0.6 is 0 Å². The molecule has 1 N–H and O–H groups in total. The highest BCUT2D eigenvalue weighted by atomic mass is 16.5. The molecular formula is C23H39N3O2. The van der Waals surface area contributed by atoms with Gasteiger partial charge in [-0.2, -0.15) is 0 Å². The van der Waals surface area contributed by atoms with Crippen LogP contribution in [-0.4, -0.2) is 85.4 Å². The quantitative estimate of drug-likeness (QED) is 0.776. The van der Waals surface area contributed by atoms with Gasteiger partial charge < -0.3 is 14.7 Å². The maximum Gasteiger partial charge on any atom is 0.119 e. The van der Waals surface area contributed by atoms with Gasteiger partial charge in [0.25, 0.3) is 0 Å². The molecule has 1 unspecified atom stereocenters. The van der Waals surface area contributed by atoms with Crippen molar-refractivity contribution in [1.29, 1.82) is 0 Å². The Kier molecular flexibility index (Phi) is 9.06. The summed E-state index contributed by atoms with van der Waals surface area (Å²) in [4.78, 5) is 7.25. The first-order chi connectivity index (χ1) is 13.7. The van der Waals surface area contributed by atoms with Crippen molar-refractivity contribution >= 4 is 0 Å². The molecule has 5 heteroatoms. The molecule has 0 radical (unpaired) electrons. The Morgan fingerprint density at radius 3 is 2.07 bits per heavy atom. The lowest BCUT2D eigenvalue weighted by Crippen LogP contribution is -2.47. The molecule has 2 aliphatic rings. The topological polar surface area (TPSA) is 39.2 Å². The van der Waals surface area contributed by atoms with Gasteiger partial charge in [0, 0.05) is 39.3 Å². The molecule has 0 bridgehead atoms. The van der Waals surface area contributed by atoms with Gasteiger partial charge >= 0.3 is 0 Å². The Morgan fingerprint density at radius 2 is 1.43 bits per heavy atom. The van der Waals surface area contributed by atoms with Crippen LogP contribution in [0.15, 0.2) is 24.3 Å².